The Morgan fingerprint density at radius 2 is 1.85 bits per heavy atom. The Labute approximate surface area is 162 Å². The van der Waals surface area contributed by atoms with Crippen LogP contribution < -0.4 is 10.0 Å². The molecule has 1 atom stereocenters. The number of esters is 1. The second-order valence-corrected chi connectivity index (χ2v) is 7.98. The molecule has 0 saturated heterocycles. The Morgan fingerprint density at radius 3 is 2.52 bits per heavy atom. The van der Waals surface area contributed by atoms with E-state index in [9.17, 15) is 18.0 Å². The Kier molecular flexibility index (Phi) is 6.95. The van der Waals surface area contributed by atoms with Crippen molar-refractivity contribution in [3.63, 3.8) is 0 Å². The Bertz CT molecular complexity index is 946. The standard InChI is InChI=1S/C18H19ClN2O5S/c1-12(13-5-3-7-15(19)9-13)21-17(22)11-26-18(23)14-6-4-8-16(10-14)27(24,25)20-2/h3-10,12,20H,11H2,1-2H3,(H,21,22)/t12-/m0/s1. The van der Waals surface area contributed by atoms with Crippen LogP contribution in [0.4, 0.5) is 0 Å². The van der Waals surface area contributed by atoms with Gasteiger partial charge in [0.25, 0.3) is 5.91 Å². The maximum atomic E-state index is 12.1. The van der Waals surface area contributed by atoms with Crippen molar-refractivity contribution in [2.45, 2.75) is 17.9 Å². The monoisotopic (exact) mass is 410 g/mol. The summed E-state index contributed by atoms with van der Waals surface area (Å²) < 4.78 is 30.7. The zero-order chi connectivity index (χ0) is 20.0. The first-order valence-electron chi connectivity index (χ1n) is 7.98. The van der Waals surface area contributed by atoms with Crippen LogP contribution in [-0.2, 0) is 19.6 Å². The van der Waals surface area contributed by atoms with E-state index in [-0.39, 0.29) is 16.5 Å². The summed E-state index contributed by atoms with van der Waals surface area (Å²) in [4.78, 5) is 24.0. The lowest BCUT2D eigenvalue weighted by atomic mass is 10.1. The molecule has 2 N–H and O–H groups in total. The van der Waals surface area contributed by atoms with Crippen LogP contribution >= 0.6 is 11.6 Å². The van der Waals surface area contributed by atoms with E-state index in [2.05, 4.69) is 10.0 Å². The third kappa shape index (κ3) is 5.78. The number of carbonyl (C=O) groups excluding carboxylic acids is 2. The molecule has 0 aliphatic heterocycles. The van der Waals surface area contributed by atoms with Crippen LogP contribution in [0, 0.1) is 0 Å². The minimum absolute atomic E-state index is 0.0296. The Morgan fingerprint density at radius 1 is 1.15 bits per heavy atom. The number of nitrogens with one attached hydrogen (secondary N) is 2. The summed E-state index contributed by atoms with van der Waals surface area (Å²) in [6, 6.07) is 12.1. The molecule has 1 amide bonds. The molecular weight excluding hydrogens is 392 g/mol. The van der Waals surface area contributed by atoms with Crippen molar-refractivity contribution in [2.75, 3.05) is 13.7 Å². The second-order valence-electron chi connectivity index (χ2n) is 5.66. The number of benzene rings is 2. The predicted molar refractivity (Wildman–Crippen MR) is 101 cm³/mol. The summed E-state index contributed by atoms with van der Waals surface area (Å²) in [5, 5.41) is 3.25. The van der Waals surface area contributed by atoms with Gasteiger partial charge in [0, 0.05) is 5.02 Å². The molecule has 0 aromatic heterocycles. The van der Waals surface area contributed by atoms with Gasteiger partial charge in [0.15, 0.2) is 6.61 Å². The molecule has 0 aliphatic carbocycles. The van der Waals surface area contributed by atoms with E-state index >= 15 is 0 Å². The van der Waals surface area contributed by atoms with Gasteiger partial charge in [0.05, 0.1) is 16.5 Å². The largest absolute Gasteiger partial charge is 0.452 e. The van der Waals surface area contributed by atoms with Gasteiger partial charge >= 0.3 is 5.97 Å². The highest BCUT2D eigenvalue weighted by molar-refractivity contribution is 7.89. The molecular formula is C18H19ClN2O5S. The van der Waals surface area contributed by atoms with Gasteiger partial charge < -0.3 is 10.1 Å². The highest BCUT2D eigenvalue weighted by Crippen LogP contribution is 2.17. The van der Waals surface area contributed by atoms with Crippen LogP contribution in [-0.4, -0.2) is 33.9 Å². The third-order valence-corrected chi connectivity index (χ3v) is 5.36. The summed E-state index contributed by atoms with van der Waals surface area (Å²) in [6.45, 7) is 1.28. The number of hydrogen-bond acceptors (Lipinski definition) is 5. The van der Waals surface area contributed by atoms with Crippen LogP contribution in [0.15, 0.2) is 53.4 Å². The van der Waals surface area contributed by atoms with Gasteiger partial charge in [-0.2, -0.15) is 0 Å². The molecule has 0 radical (unpaired) electrons. The first-order valence-corrected chi connectivity index (χ1v) is 9.84. The van der Waals surface area contributed by atoms with Gasteiger partial charge in [0.1, 0.15) is 0 Å². The molecule has 27 heavy (non-hydrogen) atoms. The maximum Gasteiger partial charge on any atom is 0.338 e. The molecule has 0 saturated carbocycles. The number of halogens is 1. The van der Waals surface area contributed by atoms with Crippen molar-refractivity contribution in [2.24, 2.45) is 0 Å². The first kappa shape index (κ1) is 20.9. The fourth-order valence-corrected chi connectivity index (χ4v) is 3.24. The SMILES string of the molecule is CNS(=O)(=O)c1cccc(C(=O)OCC(=O)N[C@@H](C)c2cccc(Cl)c2)c1. The van der Waals surface area contributed by atoms with Gasteiger partial charge in [-0.05, 0) is 49.9 Å². The lowest BCUT2D eigenvalue weighted by Crippen LogP contribution is -2.31. The summed E-state index contributed by atoms with van der Waals surface area (Å²) in [6.07, 6.45) is 0. The predicted octanol–water partition coefficient (Wildman–Crippen LogP) is 2.28. The highest BCUT2D eigenvalue weighted by Gasteiger charge is 2.17. The van der Waals surface area contributed by atoms with Crippen molar-refractivity contribution in [3.8, 4) is 0 Å². The molecule has 0 heterocycles. The molecule has 144 valence electrons. The van der Waals surface area contributed by atoms with Crippen LogP contribution in [0.5, 0.6) is 0 Å². The lowest BCUT2D eigenvalue weighted by molar-refractivity contribution is -0.124. The second kappa shape index (κ2) is 8.98. The van der Waals surface area contributed by atoms with Crippen LogP contribution in [0.3, 0.4) is 0 Å². The van der Waals surface area contributed by atoms with Gasteiger partial charge in [-0.3, -0.25) is 4.79 Å². The summed E-state index contributed by atoms with van der Waals surface area (Å²) in [7, 11) is -2.41. The van der Waals surface area contributed by atoms with Crippen LogP contribution in [0.1, 0.15) is 28.9 Å². The minimum atomic E-state index is -3.68. The molecule has 2 aromatic carbocycles. The van der Waals surface area contributed by atoms with E-state index in [1.54, 1.807) is 25.1 Å². The van der Waals surface area contributed by atoms with E-state index < -0.39 is 28.5 Å². The number of ether oxygens (including phenoxy) is 1. The Hall–Kier alpha value is -2.42. The van der Waals surface area contributed by atoms with E-state index in [0.717, 1.165) is 5.56 Å². The van der Waals surface area contributed by atoms with Crippen LogP contribution in [0.25, 0.3) is 0 Å². The fraction of sp³-hybridized carbons (Fsp3) is 0.222. The van der Waals surface area contributed by atoms with Gasteiger partial charge in [-0.15, -0.1) is 0 Å². The van der Waals surface area contributed by atoms with Crippen molar-refractivity contribution in [3.05, 3.63) is 64.7 Å². The summed E-state index contributed by atoms with van der Waals surface area (Å²) in [5.74, 6) is -1.29. The van der Waals surface area contributed by atoms with Gasteiger partial charge in [-0.1, -0.05) is 29.8 Å². The van der Waals surface area contributed by atoms with E-state index in [0.29, 0.717) is 5.02 Å². The summed E-state index contributed by atoms with van der Waals surface area (Å²) >= 11 is 5.92. The van der Waals surface area contributed by atoms with E-state index in [4.69, 9.17) is 16.3 Å². The number of sulfonamides is 1. The number of rotatable bonds is 7. The fourth-order valence-electron chi connectivity index (χ4n) is 2.26. The molecule has 0 unspecified atom stereocenters. The maximum absolute atomic E-state index is 12.1. The normalized spacial score (nSPS) is 12.3. The minimum Gasteiger partial charge on any atom is -0.452 e. The topological polar surface area (TPSA) is 102 Å². The number of amides is 1. The van der Waals surface area contributed by atoms with Gasteiger partial charge in [-0.25, -0.2) is 17.9 Å². The molecule has 0 spiro atoms. The molecule has 7 nitrogen and oxygen atoms in total. The Balaban J connectivity index is 1.95. The van der Waals surface area contributed by atoms with Crippen molar-refractivity contribution in [1.29, 1.82) is 0 Å². The first-order chi connectivity index (χ1) is 12.7. The summed E-state index contributed by atoms with van der Waals surface area (Å²) in [5.41, 5.74) is 0.842. The molecule has 2 aromatic rings. The molecule has 0 fully saturated rings. The quantitative estimate of drug-likeness (QED) is 0.682. The average Bonchev–Trinajstić information content (AvgIpc) is 2.66. The van der Waals surface area contributed by atoms with Gasteiger partial charge in [0.2, 0.25) is 10.0 Å². The van der Waals surface area contributed by atoms with E-state index in [1.807, 2.05) is 6.07 Å². The zero-order valence-electron chi connectivity index (χ0n) is 14.7. The molecule has 0 bridgehead atoms. The smallest absolute Gasteiger partial charge is 0.338 e. The third-order valence-electron chi connectivity index (χ3n) is 3.71. The number of hydrogen-bond donors (Lipinski definition) is 2. The van der Waals surface area contributed by atoms with E-state index in [1.165, 1.54) is 31.3 Å². The van der Waals surface area contributed by atoms with Crippen molar-refractivity contribution < 1.29 is 22.7 Å². The molecule has 2 rings (SSSR count). The highest BCUT2D eigenvalue weighted by atomic mass is 35.5. The zero-order valence-corrected chi connectivity index (χ0v) is 16.3. The van der Waals surface area contributed by atoms with Crippen molar-refractivity contribution in [1.82, 2.24) is 10.0 Å². The van der Waals surface area contributed by atoms with Crippen molar-refractivity contribution >= 4 is 33.5 Å². The molecule has 0 aliphatic rings. The lowest BCUT2D eigenvalue weighted by Gasteiger charge is -2.14. The average molecular weight is 411 g/mol. The number of carbonyl (C=O) groups is 2. The van der Waals surface area contributed by atoms with Crippen LogP contribution in [0.2, 0.25) is 5.02 Å². The molecule has 9 heteroatoms.